The maximum atomic E-state index is 10.7. The molecule has 0 unspecified atom stereocenters. The highest BCUT2D eigenvalue weighted by atomic mass is 16.6. The Hall–Kier alpha value is -0.0800. The number of aliphatic hydroxyl groups is 1. The second-order valence-electron chi connectivity index (χ2n) is 7.53. The van der Waals surface area contributed by atoms with Crippen LogP contribution in [0.15, 0.2) is 0 Å². The first kappa shape index (κ1) is 8.10. The van der Waals surface area contributed by atoms with Crippen molar-refractivity contribution < 1.29 is 9.84 Å². The first-order chi connectivity index (χ1) is 7.76. The summed E-state index contributed by atoms with van der Waals surface area (Å²) in [6.07, 6.45) is 5.61. The van der Waals surface area contributed by atoms with Gasteiger partial charge in [0.15, 0.2) is 5.79 Å². The fourth-order valence-corrected chi connectivity index (χ4v) is 7.65. The summed E-state index contributed by atoms with van der Waals surface area (Å²) >= 11 is 0. The highest BCUT2D eigenvalue weighted by Gasteiger charge is 2.79. The van der Waals surface area contributed by atoms with Crippen LogP contribution < -0.4 is 0 Å². The molecule has 0 aromatic carbocycles. The summed E-state index contributed by atoms with van der Waals surface area (Å²) in [4.78, 5) is 0. The Labute approximate surface area is 95.4 Å². The van der Waals surface area contributed by atoms with Gasteiger partial charge >= 0.3 is 0 Å². The van der Waals surface area contributed by atoms with Crippen molar-refractivity contribution in [3.05, 3.63) is 0 Å². The Bertz CT molecular complexity index is 374. The SMILES string of the molecule is O[C@]12C[C@@H]3C[C@@H]4C[C@@H]5C[C@H](O1)[C@H]1[C@@H]5[C@@H]4[C@@H]3[C@H]12. The van der Waals surface area contributed by atoms with Crippen LogP contribution in [0.25, 0.3) is 0 Å². The minimum atomic E-state index is -0.676. The molecule has 1 N–H and O–H groups in total. The van der Waals surface area contributed by atoms with Gasteiger partial charge in [-0.3, -0.25) is 0 Å². The molecule has 6 rings (SSSR count). The molecule has 5 saturated carbocycles. The van der Waals surface area contributed by atoms with Crippen LogP contribution in [-0.2, 0) is 4.74 Å². The third kappa shape index (κ3) is 0.569. The molecule has 0 aromatic rings. The lowest BCUT2D eigenvalue weighted by Gasteiger charge is -2.26. The second-order valence-corrected chi connectivity index (χ2v) is 7.53. The van der Waals surface area contributed by atoms with Crippen LogP contribution >= 0.6 is 0 Å². The number of rotatable bonds is 0. The molecule has 0 bridgehead atoms. The van der Waals surface area contributed by atoms with E-state index in [-0.39, 0.29) is 0 Å². The van der Waals surface area contributed by atoms with E-state index in [1.165, 1.54) is 19.3 Å². The van der Waals surface area contributed by atoms with Gasteiger partial charge in [0, 0.05) is 12.3 Å². The van der Waals surface area contributed by atoms with E-state index >= 15 is 0 Å². The Morgan fingerprint density at radius 1 is 0.875 bits per heavy atom. The molecular formula is C14H18O2. The van der Waals surface area contributed by atoms with Crippen LogP contribution in [0.5, 0.6) is 0 Å². The summed E-state index contributed by atoms with van der Waals surface area (Å²) in [6, 6.07) is 0. The van der Waals surface area contributed by atoms with Gasteiger partial charge in [0.2, 0.25) is 0 Å². The molecule has 0 aromatic heterocycles. The number of hydrogen-bond acceptors (Lipinski definition) is 2. The smallest absolute Gasteiger partial charge is 0.169 e. The van der Waals surface area contributed by atoms with Gasteiger partial charge in [-0.15, -0.1) is 0 Å². The van der Waals surface area contributed by atoms with Crippen molar-refractivity contribution in [1.82, 2.24) is 0 Å². The van der Waals surface area contributed by atoms with Crippen molar-refractivity contribution in [3.63, 3.8) is 0 Å². The van der Waals surface area contributed by atoms with E-state index in [2.05, 4.69) is 0 Å². The quantitative estimate of drug-likeness (QED) is 0.669. The Kier molecular flexibility index (Phi) is 1.02. The molecule has 10 atom stereocenters. The topological polar surface area (TPSA) is 29.5 Å². The molecule has 1 heterocycles. The van der Waals surface area contributed by atoms with Crippen LogP contribution in [0.1, 0.15) is 25.7 Å². The molecule has 1 saturated heterocycles. The van der Waals surface area contributed by atoms with Crippen molar-refractivity contribution >= 4 is 0 Å². The summed E-state index contributed by atoms with van der Waals surface area (Å²) in [7, 11) is 0. The van der Waals surface area contributed by atoms with Gasteiger partial charge in [0.25, 0.3) is 0 Å². The monoisotopic (exact) mass is 218 g/mol. The lowest BCUT2D eigenvalue weighted by atomic mass is 9.87. The summed E-state index contributed by atoms with van der Waals surface area (Å²) in [5, 5.41) is 10.7. The standard InChI is InChI=1S/C14H18O2/c15-14-4-7-2-5-1-6-3-8(16-14)12-10(6)9(5)11(7)13(12)14/h5-13,15H,1-4H2/t5-,6+,7-,8-,9+,10-,11+,12-,13+,14+/m0/s1. The Balaban J connectivity index is 1.65. The molecule has 86 valence electrons. The summed E-state index contributed by atoms with van der Waals surface area (Å²) in [6.45, 7) is 0. The molecule has 2 heteroatoms. The lowest BCUT2D eigenvalue weighted by molar-refractivity contribution is -0.208. The van der Waals surface area contributed by atoms with E-state index < -0.39 is 5.79 Å². The van der Waals surface area contributed by atoms with Crippen molar-refractivity contribution in [1.29, 1.82) is 0 Å². The summed E-state index contributed by atoms with van der Waals surface area (Å²) in [5.74, 6) is 6.30. The normalized spacial score (nSPS) is 80.4. The molecule has 2 nitrogen and oxygen atoms in total. The number of hydrogen-bond donors (Lipinski definition) is 1. The van der Waals surface area contributed by atoms with Crippen LogP contribution in [0.2, 0.25) is 0 Å². The molecule has 6 fully saturated rings. The average Bonchev–Trinajstić information content (AvgIpc) is 2.88. The minimum Gasteiger partial charge on any atom is -0.365 e. The first-order valence-corrected chi connectivity index (χ1v) is 7.16. The van der Waals surface area contributed by atoms with Gasteiger partial charge in [-0.1, -0.05) is 0 Å². The summed E-state index contributed by atoms with van der Waals surface area (Å²) < 4.78 is 6.10. The fourth-order valence-electron chi connectivity index (χ4n) is 7.65. The molecule has 6 aliphatic rings. The van der Waals surface area contributed by atoms with Crippen LogP contribution in [0, 0.1) is 47.3 Å². The van der Waals surface area contributed by atoms with E-state index in [9.17, 15) is 5.11 Å². The number of ether oxygens (including phenoxy) is 1. The van der Waals surface area contributed by atoms with E-state index in [1.54, 1.807) is 0 Å². The molecule has 16 heavy (non-hydrogen) atoms. The third-order valence-electron chi connectivity index (χ3n) is 7.40. The second kappa shape index (κ2) is 2.01. The van der Waals surface area contributed by atoms with Crippen LogP contribution in [-0.4, -0.2) is 17.0 Å². The van der Waals surface area contributed by atoms with E-state index in [1.807, 2.05) is 0 Å². The first-order valence-electron chi connectivity index (χ1n) is 7.16. The van der Waals surface area contributed by atoms with Gasteiger partial charge in [-0.05, 0) is 60.7 Å². The molecule has 0 spiro atoms. The van der Waals surface area contributed by atoms with Crippen molar-refractivity contribution in [2.45, 2.75) is 37.6 Å². The largest absolute Gasteiger partial charge is 0.365 e. The fraction of sp³-hybridized carbons (Fsp3) is 1.00. The van der Waals surface area contributed by atoms with Crippen molar-refractivity contribution in [3.8, 4) is 0 Å². The highest BCUT2D eigenvalue weighted by Crippen LogP contribution is 2.79. The lowest BCUT2D eigenvalue weighted by Crippen LogP contribution is -2.33. The maximum absolute atomic E-state index is 10.7. The van der Waals surface area contributed by atoms with E-state index in [4.69, 9.17) is 4.74 Å². The van der Waals surface area contributed by atoms with Crippen molar-refractivity contribution in [2.75, 3.05) is 0 Å². The van der Waals surface area contributed by atoms with Crippen LogP contribution in [0.3, 0.4) is 0 Å². The van der Waals surface area contributed by atoms with Gasteiger partial charge in [0.05, 0.1) is 6.10 Å². The molecule has 1 aliphatic heterocycles. The van der Waals surface area contributed by atoms with Crippen molar-refractivity contribution in [2.24, 2.45) is 47.3 Å². The average molecular weight is 218 g/mol. The minimum absolute atomic E-state index is 0.442. The predicted molar refractivity (Wildman–Crippen MR) is 56.2 cm³/mol. The van der Waals surface area contributed by atoms with Gasteiger partial charge < -0.3 is 9.84 Å². The molecule has 5 aliphatic carbocycles. The van der Waals surface area contributed by atoms with E-state index in [0.29, 0.717) is 12.0 Å². The highest BCUT2D eigenvalue weighted by molar-refractivity contribution is 5.24. The maximum Gasteiger partial charge on any atom is 0.169 e. The zero-order valence-corrected chi connectivity index (χ0v) is 9.38. The Morgan fingerprint density at radius 3 is 2.56 bits per heavy atom. The van der Waals surface area contributed by atoms with Crippen LogP contribution in [0.4, 0.5) is 0 Å². The van der Waals surface area contributed by atoms with Gasteiger partial charge in [0.1, 0.15) is 0 Å². The predicted octanol–water partition coefficient (Wildman–Crippen LogP) is 1.63. The van der Waals surface area contributed by atoms with Gasteiger partial charge in [-0.25, -0.2) is 0 Å². The Morgan fingerprint density at radius 2 is 1.62 bits per heavy atom. The zero-order chi connectivity index (χ0) is 10.2. The van der Waals surface area contributed by atoms with Gasteiger partial charge in [-0.2, -0.15) is 0 Å². The summed E-state index contributed by atoms with van der Waals surface area (Å²) in [5.41, 5.74) is 0. The zero-order valence-electron chi connectivity index (χ0n) is 9.38. The third-order valence-corrected chi connectivity index (χ3v) is 7.40. The molecule has 0 amide bonds. The molecule has 0 radical (unpaired) electrons. The van der Waals surface area contributed by atoms with E-state index in [0.717, 1.165) is 47.8 Å². The molecular weight excluding hydrogens is 200 g/mol.